The first kappa shape index (κ1) is 33.6. The predicted molar refractivity (Wildman–Crippen MR) is 128 cm³/mol. The fraction of sp³-hybridized carbons (Fsp3) is 0.750. The third-order valence-electron chi connectivity index (χ3n) is 4.29. The van der Waals surface area contributed by atoms with Gasteiger partial charge in [-0.15, -0.1) is 0 Å². The van der Waals surface area contributed by atoms with Crippen molar-refractivity contribution in [3.05, 3.63) is 0 Å². The van der Waals surface area contributed by atoms with Crippen molar-refractivity contribution in [1.82, 2.24) is 40.9 Å². The van der Waals surface area contributed by atoms with Gasteiger partial charge in [0.25, 0.3) is 0 Å². The van der Waals surface area contributed by atoms with Crippen molar-refractivity contribution >= 4 is 41.8 Å². The van der Waals surface area contributed by atoms with Gasteiger partial charge in [0.15, 0.2) is 0 Å². The average molecular weight is 533 g/mol. The highest BCUT2D eigenvalue weighted by Crippen LogP contribution is 2.59. The Kier molecular flexibility index (Phi) is 15.1. The summed E-state index contributed by atoms with van der Waals surface area (Å²) in [6, 6.07) is -1.16. The molecule has 0 radical (unpaired) electrons. The molecule has 0 saturated heterocycles. The van der Waals surface area contributed by atoms with Gasteiger partial charge in [0.2, 0.25) is 10.4 Å². The Hall–Kier alpha value is -2.62. The molecule has 8 amide bonds. The Balaban J connectivity index is 0. The minimum Gasteiger partial charge on any atom is -0.726 e. The molecule has 0 bridgehead atoms. The first-order valence-electron chi connectivity index (χ1n) is 9.71. The third-order valence-corrected chi connectivity index (χ3v) is 8.39. The fourth-order valence-electron chi connectivity index (χ4n) is 3.09. The summed E-state index contributed by atoms with van der Waals surface area (Å²) in [6.07, 6.45) is 1.21. The summed E-state index contributed by atoms with van der Waals surface area (Å²) >= 11 is 0. The third kappa shape index (κ3) is 13.8. The lowest BCUT2D eigenvalue weighted by Gasteiger charge is -2.37. The maximum absolute atomic E-state index is 12.2. The lowest BCUT2D eigenvalue weighted by molar-refractivity contribution is 0.211. The zero-order valence-corrected chi connectivity index (χ0v) is 22.5. The van der Waals surface area contributed by atoms with Gasteiger partial charge in [-0.05, 0) is 0 Å². The van der Waals surface area contributed by atoms with E-state index < -0.39 is 17.7 Å². The van der Waals surface area contributed by atoms with Crippen LogP contribution in [0.2, 0.25) is 0 Å². The van der Waals surface area contributed by atoms with Gasteiger partial charge in [0, 0.05) is 56.4 Å². The Bertz CT molecular complexity index is 690. The van der Waals surface area contributed by atoms with Crippen LogP contribution in [0.25, 0.3) is 0 Å². The molecule has 0 spiro atoms. The number of carbonyl (C=O) groups is 4. The normalized spacial score (nSPS) is 10.6. The molecule has 34 heavy (non-hydrogen) atoms. The molecule has 200 valence electrons. The number of amides is 8. The van der Waals surface area contributed by atoms with E-state index >= 15 is 0 Å². The monoisotopic (exact) mass is 532 g/mol. The molecule has 18 heteroatoms. The molecular formula is C16H37N8O8PS. The molecule has 0 atom stereocenters. The number of rotatable bonds is 8. The number of nitrogens with one attached hydrogen (secondary N) is 4. The zero-order valence-electron chi connectivity index (χ0n) is 20.8. The van der Waals surface area contributed by atoms with Crippen LogP contribution in [0, 0.1) is 0 Å². The molecule has 16 nitrogen and oxygen atoms in total. The van der Waals surface area contributed by atoms with Gasteiger partial charge in [-0.3, -0.25) is 24.2 Å². The van der Waals surface area contributed by atoms with Crippen LogP contribution in [0.5, 0.6) is 0 Å². The number of hydrogen-bond donors (Lipinski definition) is 5. The van der Waals surface area contributed by atoms with Crippen LogP contribution in [0.15, 0.2) is 0 Å². The van der Waals surface area contributed by atoms with Gasteiger partial charge >= 0.3 is 24.1 Å². The quantitative estimate of drug-likeness (QED) is 0.147. The molecule has 5 N–H and O–H groups in total. The highest BCUT2D eigenvalue weighted by Gasteiger charge is 2.46. The summed E-state index contributed by atoms with van der Waals surface area (Å²) in [7, 11) is 5.46. The van der Waals surface area contributed by atoms with Gasteiger partial charge in [-0.25, -0.2) is 27.6 Å². The van der Waals surface area contributed by atoms with E-state index in [9.17, 15) is 19.2 Å². The van der Waals surface area contributed by atoms with Gasteiger partial charge in [0.1, 0.15) is 25.1 Å². The molecule has 0 aromatic rings. The highest BCUT2D eigenvalue weighted by molar-refractivity contribution is 7.79. The molecule has 0 aromatic heterocycles. The van der Waals surface area contributed by atoms with Crippen molar-refractivity contribution in [1.29, 1.82) is 0 Å². The smallest absolute Gasteiger partial charge is 0.319 e. The molecule has 0 saturated carbocycles. The van der Waals surface area contributed by atoms with Gasteiger partial charge < -0.3 is 25.8 Å². The van der Waals surface area contributed by atoms with Crippen LogP contribution in [-0.4, -0.2) is 143 Å². The van der Waals surface area contributed by atoms with Crippen molar-refractivity contribution in [2.45, 2.75) is 0 Å². The summed E-state index contributed by atoms with van der Waals surface area (Å²) in [5.41, 5.74) is 0. The van der Waals surface area contributed by atoms with Gasteiger partial charge in [-0.1, -0.05) is 0 Å². The minimum absolute atomic E-state index is 0.290. The Labute approximate surface area is 201 Å². The first-order chi connectivity index (χ1) is 15.5. The van der Waals surface area contributed by atoms with Crippen molar-refractivity contribution in [2.75, 3.05) is 81.5 Å². The van der Waals surface area contributed by atoms with E-state index in [1.54, 1.807) is 28.2 Å². The van der Waals surface area contributed by atoms with E-state index in [1.807, 2.05) is 0 Å². The Morgan fingerprint density at radius 3 is 0.912 bits per heavy atom. The van der Waals surface area contributed by atoms with E-state index in [2.05, 4.69) is 21.3 Å². The van der Waals surface area contributed by atoms with E-state index in [1.165, 1.54) is 47.8 Å². The number of urea groups is 4. The summed E-state index contributed by atoms with van der Waals surface area (Å²) in [4.78, 5) is 54.7. The summed E-state index contributed by atoms with van der Waals surface area (Å²) < 4.78 is 32.8. The highest BCUT2D eigenvalue weighted by atomic mass is 32.3. The van der Waals surface area contributed by atoms with Gasteiger partial charge in [0.05, 0.1) is 7.26 Å². The molecule has 0 aliphatic heterocycles. The maximum atomic E-state index is 12.2. The zero-order chi connectivity index (χ0) is 27.3. The van der Waals surface area contributed by atoms with Crippen molar-refractivity contribution in [2.24, 2.45) is 0 Å². The summed E-state index contributed by atoms with van der Waals surface area (Å²) in [5, 5.41) is 10.3. The largest absolute Gasteiger partial charge is 0.726 e. The molecule has 0 aliphatic rings. The molecule has 0 heterocycles. The molecule has 0 aromatic carbocycles. The number of hydrogen-bond acceptors (Lipinski definition) is 7. The summed E-state index contributed by atoms with van der Waals surface area (Å²) in [6.45, 7) is 0. The second-order valence-electron chi connectivity index (χ2n) is 7.35. The lowest BCUT2D eigenvalue weighted by Crippen LogP contribution is -2.47. The molecule has 0 unspecified atom stereocenters. The van der Waals surface area contributed by atoms with Crippen molar-refractivity contribution < 1.29 is 36.7 Å². The fourth-order valence-corrected chi connectivity index (χ4v) is 7.74. The summed E-state index contributed by atoms with van der Waals surface area (Å²) in [5.74, 6) is 0. The minimum atomic E-state index is -4.92. The van der Waals surface area contributed by atoms with Crippen LogP contribution in [-0.2, 0) is 10.4 Å². The molecule has 0 fully saturated rings. The SMILES string of the molecule is CNC(=O)N(C)C[P+](CN(C)C(=O)NC)(CN(C)C(=O)NC)CN(C)C(=O)NC.O=S(=O)([O-])O. The molecule has 0 aliphatic carbocycles. The Morgan fingerprint density at radius 1 is 0.647 bits per heavy atom. The first-order valence-corrected chi connectivity index (χ1v) is 13.6. The van der Waals surface area contributed by atoms with Crippen LogP contribution < -0.4 is 21.3 Å². The lowest BCUT2D eigenvalue weighted by atomic mass is 10.8. The van der Waals surface area contributed by atoms with Crippen LogP contribution in [0.4, 0.5) is 19.2 Å². The van der Waals surface area contributed by atoms with Crippen LogP contribution >= 0.6 is 7.26 Å². The maximum Gasteiger partial charge on any atom is 0.319 e. The van der Waals surface area contributed by atoms with E-state index in [4.69, 9.17) is 17.5 Å². The van der Waals surface area contributed by atoms with Crippen molar-refractivity contribution in [3.63, 3.8) is 0 Å². The standard InChI is InChI=1S/C16H35N8O4P.H2O4S/c1-17-13(25)21(5)9-29(10-22(6)14(26)18-2,11-23(7)15(27)19-3)12-24(8)16(28)20-4;1-5(2,3)4/h9-12H2,1-8H3,(H3-,17,18,19,20,25,26,27,28);(H2,1,2,3,4). The number of carbonyl (C=O) groups excluding carboxylic acids is 4. The average Bonchev–Trinajstić information content (AvgIpc) is 2.74. The second-order valence-corrected chi connectivity index (χ2v) is 12.0. The second kappa shape index (κ2) is 15.3. The van der Waals surface area contributed by atoms with Gasteiger partial charge in [-0.2, -0.15) is 0 Å². The van der Waals surface area contributed by atoms with Crippen LogP contribution in [0.1, 0.15) is 0 Å². The van der Waals surface area contributed by atoms with E-state index in [0.717, 1.165) is 0 Å². The van der Waals surface area contributed by atoms with E-state index in [-0.39, 0.29) is 24.1 Å². The molecular weight excluding hydrogens is 495 g/mol. The Morgan fingerprint density at radius 2 is 0.794 bits per heavy atom. The van der Waals surface area contributed by atoms with Crippen molar-refractivity contribution in [3.8, 4) is 0 Å². The number of nitrogens with zero attached hydrogens (tertiary/aromatic N) is 4. The predicted octanol–water partition coefficient (Wildman–Crippen LogP) is -1.08. The topological polar surface area (TPSA) is 207 Å². The molecule has 0 rings (SSSR count). The van der Waals surface area contributed by atoms with E-state index in [0.29, 0.717) is 25.1 Å². The van der Waals surface area contributed by atoms with Crippen LogP contribution in [0.3, 0.4) is 0 Å².